The van der Waals surface area contributed by atoms with E-state index in [9.17, 15) is 19.2 Å². The fraction of sp³-hybridized carbons (Fsp3) is 0.600. The molecule has 20 heavy (non-hydrogen) atoms. The second kappa shape index (κ2) is 9.38. The number of halogens is 2. The van der Waals surface area contributed by atoms with Crippen molar-refractivity contribution in [3.63, 3.8) is 0 Å². The first-order valence-corrected chi connectivity index (χ1v) is 6.42. The summed E-state index contributed by atoms with van der Waals surface area (Å²) in [5.41, 5.74) is 0. The number of alkyl halides is 2. The Balaban J connectivity index is 5.03. The van der Waals surface area contributed by atoms with Gasteiger partial charge in [0.1, 0.15) is 11.8 Å². The van der Waals surface area contributed by atoms with Gasteiger partial charge in [-0.25, -0.2) is 0 Å². The number of carbonyl (C=O) groups is 4. The Bertz CT molecular complexity index is 354. The van der Waals surface area contributed by atoms with Gasteiger partial charge in [-0.1, -0.05) is 0 Å². The predicted molar refractivity (Wildman–Crippen MR) is 68.8 cm³/mol. The summed E-state index contributed by atoms with van der Waals surface area (Å²) in [6, 6.07) is 0. The molecule has 2 unspecified atom stereocenters. The second-order valence-corrected chi connectivity index (χ2v) is 4.00. The molecular formula is C10H14Cl2N2O6. The number of hydrogen-bond acceptors (Lipinski definition) is 6. The molecule has 2 N–H and O–H groups in total. The number of amides is 2. The molecule has 0 rings (SSSR count). The Hall–Kier alpha value is -1.54. The lowest BCUT2D eigenvalue weighted by Gasteiger charge is -2.27. The summed E-state index contributed by atoms with van der Waals surface area (Å²) in [6.07, 6.45) is -2.84. The van der Waals surface area contributed by atoms with Crippen molar-refractivity contribution >= 4 is 47.0 Å². The minimum absolute atomic E-state index is 0.409. The van der Waals surface area contributed by atoms with Crippen molar-refractivity contribution in [2.45, 2.75) is 26.3 Å². The van der Waals surface area contributed by atoms with Crippen molar-refractivity contribution in [2.24, 2.45) is 0 Å². The van der Waals surface area contributed by atoms with Crippen molar-refractivity contribution < 1.29 is 28.7 Å². The quantitative estimate of drug-likeness (QED) is 0.369. The molecule has 10 heteroatoms. The molecule has 0 saturated heterocycles. The van der Waals surface area contributed by atoms with E-state index >= 15 is 0 Å². The van der Waals surface area contributed by atoms with Gasteiger partial charge >= 0.3 is 11.9 Å². The maximum atomic E-state index is 11.2. The van der Waals surface area contributed by atoms with Gasteiger partial charge in [0.2, 0.25) is 24.3 Å². The molecule has 0 aromatic heterocycles. The zero-order valence-electron chi connectivity index (χ0n) is 10.8. The van der Waals surface area contributed by atoms with Gasteiger partial charge in [0.25, 0.3) is 0 Å². The molecule has 0 heterocycles. The highest BCUT2D eigenvalue weighted by molar-refractivity contribution is 6.27. The minimum atomic E-state index is -1.42. The van der Waals surface area contributed by atoms with Crippen LogP contribution in [0.15, 0.2) is 0 Å². The van der Waals surface area contributed by atoms with Gasteiger partial charge in [-0.15, -0.1) is 23.2 Å². The maximum Gasteiger partial charge on any atom is 0.304 e. The molecule has 8 nitrogen and oxygen atoms in total. The topological polar surface area (TPSA) is 111 Å². The summed E-state index contributed by atoms with van der Waals surface area (Å²) in [6.45, 7) is 2.15. The fourth-order valence-corrected chi connectivity index (χ4v) is 1.24. The summed E-state index contributed by atoms with van der Waals surface area (Å²) in [5.74, 6) is -3.71. The van der Waals surface area contributed by atoms with Crippen LogP contribution in [-0.4, -0.2) is 48.0 Å². The van der Waals surface area contributed by atoms with Crippen LogP contribution >= 0.6 is 23.2 Å². The van der Waals surface area contributed by atoms with E-state index in [0.717, 1.165) is 13.8 Å². The highest BCUT2D eigenvalue weighted by Gasteiger charge is 2.30. The third-order valence-corrected chi connectivity index (χ3v) is 2.20. The summed E-state index contributed by atoms with van der Waals surface area (Å²) in [5, 5.41) is 4.37. The number of carbonyl (C=O) groups excluding carboxylic acids is 4. The van der Waals surface area contributed by atoms with Gasteiger partial charge in [0.15, 0.2) is 0 Å². The molecule has 0 spiro atoms. The van der Waals surface area contributed by atoms with E-state index < -0.39 is 48.0 Å². The average molecular weight is 329 g/mol. The zero-order chi connectivity index (χ0) is 15.7. The highest BCUT2D eigenvalue weighted by atomic mass is 35.5. The molecule has 114 valence electrons. The number of nitrogens with one attached hydrogen (secondary N) is 2. The van der Waals surface area contributed by atoms with Gasteiger partial charge < -0.3 is 20.1 Å². The largest absolute Gasteiger partial charge is 0.436 e. The van der Waals surface area contributed by atoms with E-state index in [1.807, 2.05) is 0 Å². The molecule has 0 aliphatic carbocycles. The number of hydrogen-bond donors (Lipinski definition) is 2. The van der Waals surface area contributed by atoms with E-state index in [1.54, 1.807) is 0 Å². The predicted octanol–water partition coefficient (Wildman–Crippen LogP) is -0.525. The molecule has 0 radical (unpaired) electrons. The van der Waals surface area contributed by atoms with Gasteiger partial charge in [-0.05, 0) is 0 Å². The smallest absolute Gasteiger partial charge is 0.304 e. The molecular weight excluding hydrogens is 315 g/mol. The standard InChI is InChI=1S/C10H14Cl2N2O6/c1-5(15)19-9(13-7(17)3-11)10(20-6(2)16)14-8(18)4-12/h9-10H,3-4H2,1-2H3,(H,13,17)(H,14,18). The van der Waals surface area contributed by atoms with Crippen molar-refractivity contribution in [1.82, 2.24) is 10.6 Å². The first kappa shape index (κ1) is 18.5. The highest BCUT2D eigenvalue weighted by Crippen LogP contribution is 2.02. The van der Waals surface area contributed by atoms with Crippen molar-refractivity contribution in [3.8, 4) is 0 Å². The van der Waals surface area contributed by atoms with Crippen molar-refractivity contribution in [3.05, 3.63) is 0 Å². The van der Waals surface area contributed by atoms with E-state index in [1.165, 1.54) is 0 Å². The lowest BCUT2D eigenvalue weighted by Crippen LogP contribution is -2.55. The van der Waals surface area contributed by atoms with Crippen LogP contribution in [0.25, 0.3) is 0 Å². The first-order chi connectivity index (χ1) is 9.29. The monoisotopic (exact) mass is 328 g/mol. The number of esters is 2. The Morgan fingerprint density at radius 3 is 1.35 bits per heavy atom. The van der Waals surface area contributed by atoms with Crippen LogP contribution < -0.4 is 10.6 Å². The summed E-state index contributed by atoms with van der Waals surface area (Å²) in [7, 11) is 0. The Morgan fingerprint density at radius 1 is 0.850 bits per heavy atom. The Labute approximate surface area is 125 Å². The van der Waals surface area contributed by atoms with Crippen LogP contribution in [0.2, 0.25) is 0 Å². The molecule has 0 fully saturated rings. The molecule has 0 aliphatic heterocycles. The number of ether oxygens (including phenoxy) is 2. The summed E-state index contributed by atoms with van der Waals surface area (Å²) in [4.78, 5) is 44.4. The van der Waals surface area contributed by atoms with Crippen LogP contribution in [0.1, 0.15) is 13.8 Å². The zero-order valence-corrected chi connectivity index (χ0v) is 12.3. The molecule has 2 amide bonds. The van der Waals surface area contributed by atoms with Gasteiger partial charge in [-0.3, -0.25) is 19.2 Å². The minimum Gasteiger partial charge on any atom is -0.436 e. The average Bonchev–Trinajstić information content (AvgIpc) is 2.35. The lowest BCUT2D eigenvalue weighted by molar-refractivity contribution is -0.173. The lowest BCUT2D eigenvalue weighted by atomic mass is 10.4. The van der Waals surface area contributed by atoms with E-state index in [-0.39, 0.29) is 0 Å². The van der Waals surface area contributed by atoms with Crippen molar-refractivity contribution in [2.75, 3.05) is 11.8 Å². The molecule has 2 atom stereocenters. The molecule has 0 aliphatic rings. The third kappa shape index (κ3) is 7.80. The third-order valence-electron chi connectivity index (χ3n) is 1.71. The van der Waals surface area contributed by atoms with Gasteiger partial charge in [0, 0.05) is 13.8 Å². The SMILES string of the molecule is CC(=O)OC(NC(=O)CCl)C(NC(=O)CCl)OC(C)=O. The van der Waals surface area contributed by atoms with Crippen LogP contribution in [0.3, 0.4) is 0 Å². The van der Waals surface area contributed by atoms with Crippen LogP contribution in [0.5, 0.6) is 0 Å². The van der Waals surface area contributed by atoms with Crippen molar-refractivity contribution in [1.29, 1.82) is 0 Å². The molecule has 0 aromatic rings. The number of rotatable bonds is 7. The van der Waals surface area contributed by atoms with Gasteiger partial charge in [-0.2, -0.15) is 0 Å². The van der Waals surface area contributed by atoms with Crippen LogP contribution in [0, 0.1) is 0 Å². The molecule has 0 bridgehead atoms. The van der Waals surface area contributed by atoms with Gasteiger partial charge in [0.05, 0.1) is 0 Å². The first-order valence-electron chi connectivity index (χ1n) is 5.35. The summed E-state index contributed by atoms with van der Waals surface area (Å²) >= 11 is 10.6. The van der Waals surface area contributed by atoms with E-state index in [2.05, 4.69) is 10.6 Å². The molecule has 0 saturated carbocycles. The fourth-order valence-electron chi connectivity index (χ4n) is 1.09. The Morgan fingerprint density at radius 2 is 1.15 bits per heavy atom. The van der Waals surface area contributed by atoms with Crippen LogP contribution in [-0.2, 0) is 28.7 Å². The summed E-state index contributed by atoms with van der Waals surface area (Å²) < 4.78 is 9.53. The Kier molecular flexibility index (Phi) is 8.66. The van der Waals surface area contributed by atoms with Crippen LogP contribution in [0.4, 0.5) is 0 Å². The molecule has 0 aromatic carbocycles. The van der Waals surface area contributed by atoms with E-state index in [4.69, 9.17) is 32.7 Å². The normalized spacial score (nSPS) is 12.8. The maximum absolute atomic E-state index is 11.2. The van der Waals surface area contributed by atoms with E-state index in [0.29, 0.717) is 0 Å². The second-order valence-electron chi connectivity index (χ2n) is 3.46.